The maximum Gasteiger partial charge on any atom is 0.424 e. The van der Waals surface area contributed by atoms with Gasteiger partial charge in [0.15, 0.2) is 17.6 Å². The SMILES string of the molecule is COc1cc(C(=O)NC[C@@](O)(c2cc3c(c(-c4ccc(F)cc4)n2)NC[C@@]3(C)N)C(F)(F)F)ccc1O[C@H]1CCNC1=O. The fourth-order valence-corrected chi connectivity index (χ4v) is 4.96. The highest BCUT2D eigenvalue weighted by molar-refractivity contribution is 5.95. The molecular formula is C29H29F4N5O5. The number of hydrogen-bond donors (Lipinski definition) is 5. The average Bonchev–Trinajstić information content (AvgIpc) is 3.52. The van der Waals surface area contributed by atoms with E-state index in [9.17, 15) is 32.3 Å². The van der Waals surface area contributed by atoms with Gasteiger partial charge in [0.1, 0.15) is 5.82 Å². The lowest BCUT2D eigenvalue weighted by Gasteiger charge is -2.31. The molecule has 10 nitrogen and oxygen atoms in total. The Bertz CT molecular complexity index is 1560. The zero-order valence-corrected chi connectivity index (χ0v) is 23.1. The van der Waals surface area contributed by atoms with E-state index in [-0.39, 0.29) is 40.8 Å². The smallest absolute Gasteiger partial charge is 0.424 e. The van der Waals surface area contributed by atoms with Gasteiger partial charge in [-0.05, 0) is 55.5 Å². The molecule has 1 fully saturated rings. The predicted octanol–water partition coefficient (Wildman–Crippen LogP) is 2.94. The molecule has 2 aromatic carbocycles. The van der Waals surface area contributed by atoms with E-state index in [1.807, 2.05) is 0 Å². The molecule has 3 aromatic rings. The minimum absolute atomic E-state index is 0.0342. The van der Waals surface area contributed by atoms with Crippen LogP contribution in [-0.4, -0.2) is 60.9 Å². The number of pyridine rings is 1. The fourth-order valence-electron chi connectivity index (χ4n) is 4.96. The normalized spacial score (nSPS) is 20.9. The minimum atomic E-state index is -5.28. The molecule has 6 N–H and O–H groups in total. The fraction of sp³-hybridized carbons (Fsp3) is 0.345. The van der Waals surface area contributed by atoms with Crippen molar-refractivity contribution in [1.29, 1.82) is 0 Å². The van der Waals surface area contributed by atoms with Crippen LogP contribution in [0.5, 0.6) is 11.5 Å². The van der Waals surface area contributed by atoms with E-state index in [2.05, 4.69) is 20.9 Å². The first kappa shape index (κ1) is 30.0. The third kappa shape index (κ3) is 5.67. The Hall–Kier alpha value is -4.43. The largest absolute Gasteiger partial charge is 0.493 e. The van der Waals surface area contributed by atoms with Crippen molar-refractivity contribution in [1.82, 2.24) is 15.6 Å². The number of methoxy groups -OCH3 is 1. The minimum Gasteiger partial charge on any atom is -0.493 e. The molecule has 0 spiro atoms. The van der Waals surface area contributed by atoms with Gasteiger partial charge in [-0.25, -0.2) is 9.37 Å². The van der Waals surface area contributed by atoms with Gasteiger partial charge in [-0.2, -0.15) is 13.2 Å². The Labute approximate surface area is 243 Å². The number of nitrogens with zero attached hydrogens (tertiary/aromatic N) is 1. The first-order valence-corrected chi connectivity index (χ1v) is 13.3. The van der Waals surface area contributed by atoms with Crippen LogP contribution in [0.3, 0.4) is 0 Å². The molecule has 0 aliphatic carbocycles. The summed E-state index contributed by atoms with van der Waals surface area (Å²) >= 11 is 0. The van der Waals surface area contributed by atoms with Crippen LogP contribution in [0.25, 0.3) is 11.3 Å². The number of carbonyl (C=O) groups excluding carboxylic acids is 2. The molecule has 1 saturated heterocycles. The zero-order valence-electron chi connectivity index (χ0n) is 23.1. The topological polar surface area (TPSA) is 148 Å². The summed E-state index contributed by atoms with van der Waals surface area (Å²) in [4.78, 5) is 29.0. The van der Waals surface area contributed by atoms with E-state index >= 15 is 0 Å². The van der Waals surface area contributed by atoms with Crippen molar-refractivity contribution in [2.45, 2.75) is 36.8 Å². The molecule has 3 heterocycles. The van der Waals surface area contributed by atoms with E-state index in [0.29, 0.717) is 24.2 Å². The number of carbonyl (C=O) groups is 2. The molecule has 0 unspecified atom stereocenters. The van der Waals surface area contributed by atoms with Gasteiger partial charge in [0.2, 0.25) is 5.60 Å². The van der Waals surface area contributed by atoms with Crippen molar-refractivity contribution in [3.05, 3.63) is 71.2 Å². The Morgan fingerprint density at radius 2 is 1.88 bits per heavy atom. The first-order valence-electron chi connectivity index (χ1n) is 13.3. The number of nitrogens with one attached hydrogen (secondary N) is 3. The standard InChI is InChI=1S/C29H29F4N5O5/c1-27(34)13-36-24-18(27)12-22(38-23(24)15-3-6-17(30)7-4-15)28(41,29(31,32)33)14-37-25(39)16-5-8-19(21(11-16)42-2)43-20-9-10-35-26(20)40/h3-8,11-12,20,36,41H,9-10,13-14,34H2,1-2H3,(H,35,40)(H,37,39)/t20-,27+,28+/m0/s1. The number of amides is 2. The number of aromatic nitrogens is 1. The van der Waals surface area contributed by atoms with Crippen LogP contribution >= 0.6 is 0 Å². The van der Waals surface area contributed by atoms with Crippen molar-refractivity contribution in [2.75, 3.05) is 32.1 Å². The van der Waals surface area contributed by atoms with Crippen molar-refractivity contribution < 1.29 is 41.7 Å². The predicted molar refractivity (Wildman–Crippen MR) is 147 cm³/mol. The lowest BCUT2D eigenvalue weighted by molar-refractivity contribution is -0.265. The van der Waals surface area contributed by atoms with E-state index in [1.165, 1.54) is 37.4 Å². The molecule has 43 heavy (non-hydrogen) atoms. The Morgan fingerprint density at radius 1 is 1.16 bits per heavy atom. The van der Waals surface area contributed by atoms with Gasteiger partial charge >= 0.3 is 6.18 Å². The van der Waals surface area contributed by atoms with Gasteiger partial charge in [0.05, 0.1) is 36.3 Å². The molecule has 0 bridgehead atoms. The van der Waals surface area contributed by atoms with Crippen molar-refractivity contribution in [2.24, 2.45) is 5.73 Å². The van der Waals surface area contributed by atoms with Crippen molar-refractivity contribution in [3.63, 3.8) is 0 Å². The van der Waals surface area contributed by atoms with E-state index < -0.39 is 47.4 Å². The maximum absolute atomic E-state index is 14.6. The molecule has 2 amide bonds. The van der Waals surface area contributed by atoms with Crippen molar-refractivity contribution >= 4 is 17.5 Å². The summed E-state index contributed by atoms with van der Waals surface area (Å²) < 4.78 is 68.2. The number of aliphatic hydroxyl groups is 1. The van der Waals surface area contributed by atoms with Crippen LogP contribution in [0.4, 0.5) is 23.2 Å². The summed E-state index contributed by atoms with van der Waals surface area (Å²) in [6.07, 6.45) is -5.60. The Balaban J connectivity index is 1.46. The number of hydrogen-bond acceptors (Lipinski definition) is 8. The van der Waals surface area contributed by atoms with Gasteiger partial charge in [-0.15, -0.1) is 0 Å². The van der Waals surface area contributed by atoms with Crippen LogP contribution in [0.2, 0.25) is 0 Å². The molecule has 2 aliphatic heterocycles. The van der Waals surface area contributed by atoms with Crippen molar-refractivity contribution in [3.8, 4) is 22.8 Å². The molecule has 1 aromatic heterocycles. The van der Waals surface area contributed by atoms with Gasteiger partial charge in [-0.3, -0.25) is 9.59 Å². The van der Waals surface area contributed by atoms with E-state index in [4.69, 9.17) is 15.2 Å². The molecule has 228 valence electrons. The molecule has 3 atom stereocenters. The first-order chi connectivity index (χ1) is 20.2. The number of fused-ring (bicyclic) bond motifs is 1. The zero-order chi connectivity index (χ0) is 31.2. The summed E-state index contributed by atoms with van der Waals surface area (Å²) in [6.45, 7) is 0.940. The number of anilines is 1. The van der Waals surface area contributed by atoms with Gasteiger partial charge in [-0.1, -0.05) is 0 Å². The average molecular weight is 604 g/mol. The molecule has 0 radical (unpaired) electrons. The lowest BCUT2D eigenvalue weighted by Crippen LogP contribution is -2.51. The molecule has 2 aliphatic rings. The number of ether oxygens (including phenoxy) is 2. The summed E-state index contributed by atoms with van der Waals surface area (Å²) in [6, 6.07) is 9.94. The maximum atomic E-state index is 14.6. The second-order valence-electron chi connectivity index (χ2n) is 10.6. The second kappa shape index (κ2) is 11.0. The van der Waals surface area contributed by atoms with Crippen LogP contribution < -0.4 is 31.2 Å². The van der Waals surface area contributed by atoms with E-state index in [0.717, 1.165) is 18.2 Å². The van der Waals surface area contributed by atoms with Gasteiger partial charge in [0.25, 0.3) is 11.8 Å². The number of alkyl halides is 3. The van der Waals surface area contributed by atoms with Gasteiger partial charge in [0, 0.05) is 36.2 Å². The quantitative estimate of drug-likeness (QED) is 0.247. The van der Waals surface area contributed by atoms with Crippen LogP contribution in [0.15, 0.2) is 48.5 Å². The van der Waals surface area contributed by atoms with Gasteiger partial charge < -0.3 is 36.3 Å². The Kier molecular flexibility index (Phi) is 7.69. The number of halogens is 4. The highest BCUT2D eigenvalue weighted by atomic mass is 19.4. The van der Waals surface area contributed by atoms with Crippen LogP contribution in [0.1, 0.15) is 35.0 Å². The second-order valence-corrected chi connectivity index (χ2v) is 10.6. The molecule has 5 rings (SSSR count). The summed E-state index contributed by atoms with van der Waals surface area (Å²) in [5.74, 6) is -1.55. The summed E-state index contributed by atoms with van der Waals surface area (Å²) in [5, 5.41) is 19.0. The highest BCUT2D eigenvalue weighted by Crippen LogP contribution is 2.45. The van der Waals surface area contributed by atoms with Crippen LogP contribution in [-0.2, 0) is 15.9 Å². The van der Waals surface area contributed by atoms with E-state index in [1.54, 1.807) is 6.92 Å². The highest BCUT2D eigenvalue weighted by Gasteiger charge is 2.57. The lowest BCUT2D eigenvalue weighted by atomic mass is 9.89. The number of benzene rings is 2. The molecular weight excluding hydrogens is 574 g/mol. The summed E-state index contributed by atoms with van der Waals surface area (Å²) in [5.41, 5.74) is 1.68. The molecule has 0 saturated carbocycles. The number of nitrogens with two attached hydrogens (primary N) is 1. The third-order valence-corrected chi connectivity index (χ3v) is 7.48. The number of rotatable bonds is 8. The third-order valence-electron chi connectivity index (χ3n) is 7.48. The summed E-state index contributed by atoms with van der Waals surface area (Å²) in [7, 11) is 1.30. The Morgan fingerprint density at radius 3 is 2.51 bits per heavy atom. The molecule has 14 heteroatoms. The van der Waals surface area contributed by atoms with Crippen LogP contribution in [0, 0.1) is 5.82 Å². The monoisotopic (exact) mass is 603 g/mol.